The lowest BCUT2D eigenvalue weighted by Crippen LogP contribution is -2.25. The summed E-state index contributed by atoms with van der Waals surface area (Å²) in [6.07, 6.45) is 3.26. The number of rotatable bonds is 6. The number of hydrogen-bond donors (Lipinski definition) is 1. The summed E-state index contributed by atoms with van der Waals surface area (Å²) < 4.78 is 19.5. The Balaban J connectivity index is 1.40. The first-order valence-corrected chi connectivity index (χ1v) is 10.9. The number of nitrogens with one attached hydrogen (secondary N) is 1. The Bertz CT molecular complexity index is 1000. The standard InChI is InChI=1S/C21H22N4O3S/c26-21(20-14-25(24-23-20)18-7-2-1-3-8-18)22-17-6-4-5-16(13-17)15-29(27)19-9-11-28-12-10-19/h1-8,13-14,19H,9-12,15H2,(H,22,26). The maximum atomic E-state index is 12.6. The third kappa shape index (κ3) is 4.96. The minimum absolute atomic E-state index is 0.176. The lowest BCUT2D eigenvalue weighted by atomic mass is 10.2. The second-order valence-corrected chi connectivity index (χ2v) is 8.59. The minimum atomic E-state index is -0.951. The maximum absolute atomic E-state index is 12.6. The molecule has 3 aromatic rings. The van der Waals surface area contributed by atoms with Crippen LogP contribution in [0.5, 0.6) is 0 Å². The van der Waals surface area contributed by atoms with E-state index in [1.54, 1.807) is 16.9 Å². The first-order valence-electron chi connectivity index (χ1n) is 9.52. The van der Waals surface area contributed by atoms with Crippen molar-refractivity contribution in [2.45, 2.75) is 23.8 Å². The molecule has 150 valence electrons. The second-order valence-electron chi connectivity index (χ2n) is 6.88. The molecule has 29 heavy (non-hydrogen) atoms. The van der Waals surface area contributed by atoms with E-state index < -0.39 is 10.8 Å². The van der Waals surface area contributed by atoms with Crippen LogP contribution >= 0.6 is 0 Å². The molecule has 1 aromatic heterocycles. The molecule has 1 aliphatic rings. The van der Waals surface area contributed by atoms with E-state index in [2.05, 4.69) is 15.6 Å². The predicted octanol–water partition coefficient (Wildman–Crippen LogP) is 2.95. The number of ether oxygens (including phenoxy) is 1. The number of carbonyl (C=O) groups excluding carboxylic acids is 1. The zero-order valence-electron chi connectivity index (χ0n) is 15.9. The van der Waals surface area contributed by atoms with Gasteiger partial charge in [-0.15, -0.1) is 5.10 Å². The van der Waals surface area contributed by atoms with Crippen LogP contribution in [0.15, 0.2) is 60.8 Å². The molecule has 1 atom stereocenters. The highest BCUT2D eigenvalue weighted by Gasteiger charge is 2.20. The summed E-state index contributed by atoms with van der Waals surface area (Å²) in [4.78, 5) is 12.5. The van der Waals surface area contributed by atoms with Gasteiger partial charge in [-0.3, -0.25) is 9.00 Å². The van der Waals surface area contributed by atoms with Crippen molar-refractivity contribution in [2.24, 2.45) is 0 Å². The summed E-state index contributed by atoms with van der Waals surface area (Å²) in [6.45, 7) is 1.35. The Hall–Kier alpha value is -2.84. The van der Waals surface area contributed by atoms with Crippen LogP contribution in [0.2, 0.25) is 0 Å². The molecule has 1 unspecified atom stereocenters. The molecule has 0 spiro atoms. The number of hydrogen-bond acceptors (Lipinski definition) is 5. The van der Waals surface area contributed by atoms with Gasteiger partial charge in [-0.2, -0.15) is 0 Å². The first-order chi connectivity index (χ1) is 14.2. The molecule has 8 heteroatoms. The number of amides is 1. The molecular formula is C21H22N4O3S. The van der Waals surface area contributed by atoms with Crippen molar-refractivity contribution in [1.29, 1.82) is 0 Å². The molecule has 1 saturated heterocycles. The van der Waals surface area contributed by atoms with Gasteiger partial charge >= 0.3 is 0 Å². The number of carbonyl (C=O) groups is 1. The smallest absolute Gasteiger partial charge is 0.277 e. The lowest BCUT2D eigenvalue weighted by Gasteiger charge is -2.21. The van der Waals surface area contributed by atoms with Gasteiger partial charge in [-0.25, -0.2) is 4.68 Å². The van der Waals surface area contributed by atoms with Crippen LogP contribution in [-0.2, 0) is 21.3 Å². The average molecular weight is 410 g/mol. The molecular weight excluding hydrogens is 388 g/mol. The second kappa shape index (κ2) is 9.11. The highest BCUT2D eigenvalue weighted by molar-refractivity contribution is 7.84. The zero-order valence-corrected chi connectivity index (χ0v) is 16.7. The monoisotopic (exact) mass is 410 g/mol. The Labute approximate surface area is 171 Å². The van der Waals surface area contributed by atoms with Crippen molar-refractivity contribution >= 4 is 22.4 Å². The number of anilines is 1. The van der Waals surface area contributed by atoms with Crippen molar-refractivity contribution in [3.8, 4) is 5.69 Å². The Morgan fingerprint density at radius 2 is 1.93 bits per heavy atom. The fraction of sp³-hybridized carbons (Fsp3) is 0.286. The summed E-state index contributed by atoms with van der Waals surface area (Å²) in [5.41, 5.74) is 2.63. The van der Waals surface area contributed by atoms with Gasteiger partial charge in [0.05, 0.1) is 11.9 Å². The lowest BCUT2D eigenvalue weighted by molar-refractivity contribution is 0.0991. The van der Waals surface area contributed by atoms with Gasteiger partial charge in [0, 0.05) is 40.7 Å². The van der Waals surface area contributed by atoms with E-state index in [1.807, 2.05) is 48.5 Å². The third-order valence-electron chi connectivity index (χ3n) is 4.78. The molecule has 4 rings (SSSR count). The molecule has 0 radical (unpaired) electrons. The molecule has 1 N–H and O–H groups in total. The molecule has 0 bridgehead atoms. The molecule has 2 aromatic carbocycles. The maximum Gasteiger partial charge on any atom is 0.277 e. The van der Waals surface area contributed by atoms with Gasteiger partial charge in [0.25, 0.3) is 5.91 Å². The average Bonchev–Trinajstić information content (AvgIpc) is 3.26. The predicted molar refractivity (Wildman–Crippen MR) is 111 cm³/mol. The van der Waals surface area contributed by atoms with Gasteiger partial charge in [0.2, 0.25) is 0 Å². The quantitative estimate of drug-likeness (QED) is 0.675. The molecule has 0 aliphatic carbocycles. The Kier molecular flexibility index (Phi) is 6.12. The van der Waals surface area contributed by atoms with E-state index in [0.717, 1.165) is 24.1 Å². The molecule has 1 fully saturated rings. The molecule has 1 aliphatic heterocycles. The third-order valence-corrected chi connectivity index (χ3v) is 6.61. The number of aromatic nitrogens is 3. The molecule has 7 nitrogen and oxygen atoms in total. The van der Waals surface area contributed by atoms with E-state index in [0.29, 0.717) is 24.7 Å². The van der Waals surface area contributed by atoms with Gasteiger partial charge < -0.3 is 10.1 Å². The van der Waals surface area contributed by atoms with Crippen molar-refractivity contribution in [1.82, 2.24) is 15.0 Å². The van der Waals surface area contributed by atoms with Crippen LogP contribution in [0.4, 0.5) is 5.69 Å². The number of para-hydroxylation sites is 1. The van der Waals surface area contributed by atoms with Gasteiger partial charge in [0.1, 0.15) is 0 Å². The van der Waals surface area contributed by atoms with E-state index in [9.17, 15) is 9.00 Å². The number of nitrogens with zero attached hydrogens (tertiary/aromatic N) is 3. The van der Waals surface area contributed by atoms with Crippen molar-refractivity contribution < 1.29 is 13.7 Å². The van der Waals surface area contributed by atoms with Crippen LogP contribution in [-0.4, -0.2) is 43.6 Å². The zero-order chi connectivity index (χ0) is 20.1. The minimum Gasteiger partial charge on any atom is -0.381 e. The van der Waals surface area contributed by atoms with Crippen LogP contribution in [0.3, 0.4) is 0 Å². The fourth-order valence-electron chi connectivity index (χ4n) is 3.23. The topological polar surface area (TPSA) is 86.1 Å². The molecule has 0 saturated carbocycles. The van der Waals surface area contributed by atoms with Crippen LogP contribution < -0.4 is 5.32 Å². The van der Waals surface area contributed by atoms with Crippen LogP contribution in [0.25, 0.3) is 5.69 Å². The molecule has 1 amide bonds. The van der Waals surface area contributed by atoms with E-state index >= 15 is 0 Å². The van der Waals surface area contributed by atoms with E-state index in [1.165, 1.54) is 0 Å². The summed E-state index contributed by atoms with van der Waals surface area (Å²) in [7, 11) is -0.951. The summed E-state index contributed by atoms with van der Waals surface area (Å²) >= 11 is 0. The highest BCUT2D eigenvalue weighted by Crippen LogP contribution is 2.19. The Morgan fingerprint density at radius 1 is 1.14 bits per heavy atom. The summed E-state index contributed by atoms with van der Waals surface area (Å²) in [5, 5.41) is 11.0. The fourth-order valence-corrected chi connectivity index (χ4v) is 4.69. The summed E-state index contributed by atoms with van der Waals surface area (Å²) in [5.74, 6) is 0.133. The van der Waals surface area contributed by atoms with Crippen molar-refractivity contribution in [3.63, 3.8) is 0 Å². The van der Waals surface area contributed by atoms with Gasteiger partial charge in [-0.1, -0.05) is 35.5 Å². The van der Waals surface area contributed by atoms with Gasteiger partial charge in [-0.05, 0) is 42.7 Å². The van der Waals surface area contributed by atoms with E-state index in [-0.39, 0.29) is 16.9 Å². The normalized spacial score (nSPS) is 15.7. The largest absolute Gasteiger partial charge is 0.381 e. The van der Waals surface area contributed by atoms with Crippen LogP contribution in [0.1, 0.15) is 28.9 Å². The summed E-state index contributed by atoms with van der Waals surface area (Å²) in [6, 6.07) is 16.9. The van der Waals surface area contributed by atoms with Crippen LogP contribution in [0, 0.1) is 0 Å². The molecule has 2 heterocycles. The Morgan fingerprint density at radius 3 is 2.72 bits per heavy atom. The van der Waals surface area contributed by atoms with E-state index in [4.69, 9.17) is 4.74 Å². The highest BCUT2D eigenvalue weighted by atomic mass is 32.2. The number of benzene rings is 2. The van der Waals surface area contributed by atoms with Gasteiger partial charge in [0.15, 0.2) is 5.69 Å². The first kappa shape index (κ1) is 19.5. The SMILES string of the molecule is O=C(Nc1cccc(CS(=O)C2CCOCC2)c1)c1cn(-c2ccccc2)nn1. The van der Waals surface area contributed by atoms with Crippen molar-refractivity contribution in [2.75, 3.05) is 18.5 Å². The van der Waals surface area contributed by atoms with Crippen molar-refractivity contribution in [3.05, 3.63) is 72.1 Å².